The number of aryl methyl sites for hydroxylation is 2. The third kappa shape index (κ3) is 7.78. The van der Waals surface area contributed by atoms with Gasteiger partial charge in [-0.25, -0.2) is 4.39 Å². The molecule has 3 aromatic carbocycles. The molecule has 0 aliphatic carbocycles. The quantitative estimate of drug-likeness (QED) is 0.392. The summed E-state index contributed by atoms with van der Waals surface area (Å²) >= 11 is 0. The van der Waals surface area contributed by atoms with Crippen LogP contribution in [-0.2, 0) is 29.0 Å². The minimum absolute atomic E-state index is 0.0289. The lowest BCUT2D eigenvalue weighted by atomic mass is 10.0. The van der Waals surface area contributed by atoms with Gasteiger partial charge in [-0.15, -0.1) is 0 Å². The van der Waals surface area contributed by atoms with Crippen molar-refractivity contribution in [2.75, 3.05) is 0 Å². The van der Waals surface area contributed by atoms with Crippen LogP contribution in [-0.4, -0.2) is 28.8 Å². The zero-order valence-electron chi connectivity index (χ0n) is 20.8. The normalized spacial score (nSPS) is 12.6. The van der Waals surface area contributed by atoms with E-state index in [1.165, 1.54) is 6.07 Å². The summed E-state index contributed by atoms with van der Waals surface area (Å²) in [6.07, 6.45) is 1.92. The van der Waals surface area contributed by atoms with Crippen molar-refractivity contribution in [3.05, 3.63) is 107 Å². The summed E-state index contributed by atoms with van der Waals surface area (Å²) in [5.41, 5.74) is 3.55. The summed E-state index contributed by atoms with van der Waals surface area (Å²) < 4.78 is 14.6. The van der Waals surface area contributed by atoms with E-state index >= 15 is 0 Å². The molecule has 0 aromatic heterocycles. The van der Waals surface area contributed by atoms with Crippen LogP contribution in [0.2, 0.25) is 0 Å². The monoisotopic (exact) mass is 474 g/mol. The average molecular weight is 475 g/mol. The van der Waals surface area contributed by atoms with Gasteiger partial charge in [0.15, 0.2) is 0 Å². The topological polar surface area (TPSA) is 49.4 Å². The van der Waals surface area contributed by atoms with E-state index in [1.807, 2.05) is 75.4 Å². The number of carbonyl (C=O) groups is 2. The average Bonchev–Trinajstić information content (AvgIpc) is 2.87. The number of carbonyl (C=O) groups excluding carboxylic acids is 2. The molecule has 3 rings (SSSR count). The van der Waals surface area contributed by atoms with Crippen molar-refractivity contribution in [3.8, 4) is 0 Å². The molecule has 0 heterocycles. The Hall–Kier alpha value is -3.47. The second-order valence-electron chi connectivity index (χ2n) is 9.12. The molecule has 0 saturated carbocycles. The number of halogens is 1. The summed E-state index contributed by atoms with van der Waals surface area (Å²) in [7, 11) is 0. The molecule has 0 aliphatic rings. The highest BCUT2D eigenvalue weighted by Gasteiger charge is 2.31. The Morgan fingerprint density at radius 2 is 1.57 bits per heavy atom. The van der Waals surface area contributed by atoms with Gasteiger partial charge in [0, 0.05) is 31.0 Å². The lowest BCUT2D eigenvalue weighted by molar-refractivity contribution is -0.141. The van der Waals surface area contributed by atoms with Gasteiger partial charge < -0.3 is 10.2 Å². The first-order valence-electron chi connectivity index (χ1n) is 12.3. The van der Waals surface area contributed by atoms with Crippen LogP contribution in [0.25, 0.3) is 0 Å². The molecule has 3 aromatic rings. The summed E-state index contributed by atoms with van der Waals surface area (Å²) in [4.78, 5) is 28.6. The van der Waals surface area contributed by atoms with Gasteiger partial charge in [0.25, 0.3) is 0 Å². The van der Waals surface area contributed by atoms with Crippen LogP contribution >= 0.6 is 0 Å². The van der Waals surface area contributed by atoms with Crippen molar-refractivity contribution in [3.63, 3.8) is 0 Å². The second kappa shape index (κ2) is 12.8. The number of benzene rings is 3. The first-order valence-corrected chi connectivity index (χ1v) is 12.3. The maximum Gasteiger partial charge on any atom is 0.243 e. The van der Waals surface area contributed by atoms with E-state index in [0.717, 1.165) is 23.1 Å². The van der Waals surface area contributed by atoms with Gasteiger partial charge in [-0.2, -0.15) is 0 Å². The molecule has 0 aliphatic heterocycles. The minimum Gasteiger partial charge on any atom is -0.352 e. The van der Waals surface area contributed by atoms with Gasteiger partial charge in [0.05, 0.1) is 0 Å². The van der Waals surface area contributed by atoms with Crippen LogP contribution < -0.4 is 5.32 Å². The zero-order chi connectivity index (χ0) is 25.2. The van der Waals surface area contributed by atoms with Gasteiger partial charge in [0.1, 0.15) is 11.9 Å². The molecular formula is C30H35FN2O2. The molecular weight excluding hydrogens is 439 g/mol. The Morgan fingerprint density at radius 1 is 0.914 bits per heavy atom. The molecule has 5 heteroatoms. The smallest absolute Gasteiger partial charge is 0.243 e. The molecule has 2 unspecified atom stereocenters. The van der Waals surface area contributed by atoms with Crippen molar-refractivity contribution in [2.45, 2.75) is 65.1 Å². The molecule has 2 atom stereocenters. The molecule has 0 bridgehead atoms. The van der Waals surface area contributed by atoms with Gasteiger partial charge >= 0.3 is 0 Å². The largest absolute Gasteiger partial charge is 0.352 e. The molecule has 184 valence electrons. The minimum atomic E-state index is -0.753. The number of hydrogen-bond acceptors (Lipinski definition) is 2. The van der Waals surface area contributed by atoms with Crippen LogP contribution in [0.15, 0.2) is 78.9 Å². The van der Waals surface area contributed by atoms with Crippen molar-refractivity contribution in [1.29, 1.82) is 0 Å². The standard InChI is InChI=1S/C30H35FN2O2/c1-4-23(3)32-30(35)28(20-25-10-6-5-7-11-25)33(21-26-12-8-9-13-27(26)31)29(34)19-18-24-16-14-22(2)15-17-24/h5-17,23,28H,4,18-21H2,1-3H3,(H,32,35). The van der Waals surface area contributed by atoms with Crippen LogP contribution in [0.4, 0.5) is 4.39 Å². The fraction of sp³-hybridized carbons (Fsp3) is 0.333. The lowest BCUT2D eigenvalue weighted by Gasteiger charge is -2.32. The molecule has 4 nitrogen and oxygen atoms in total. The number of rotatable bonds is 11. The molecule has 2 amide bonds. The van der Waals surface area contributed by atoms with Crippen molar-refractivity contribution < 1.29 is 14.0 Å². The van der Waals surface area contributed by atoms with Crippen molar-refractivity contribution in [2.24, 2.45) is 0 Å². The van der Waals surface area contributed by atoms with E-state index in [1.54, 1.807) is 23.1 Å². The van der Waals surface area contributed by atoms with E-state index < -0.39 is 6.04 Å². The highest BCUT2D eigenvalue weighted by Crippen LogP contribution is 2.19. The number of nitrogens with zero attached hydrogens (tertiary/aromatic N) is 1. The number of amides is 2. The highest BCUT2D eigenvalue weighted by molar-refractivity contribution is 5.88. The van der Waals surface area contributed by atoms with E-state index in [9.17, 15) is 14.0 Å². The van der Waals surface area contributed by atoms with E-state index in [4.69, 9.17) is 0 Å². The van der Waals surface area contributed by atoms with Gasteiger partial charge in [-0.05, 0) is 43.9 Å². The summed E-state index contributed by atoms with van der Waals surface area (Å²) in [6.45, 7) is 6.00. The van der Waals surface area contributed by atoms with Crippen LogP contribution in [0.1, 0.15) is 48.9 Å². The van der Waals surface area contributed by atoms with E-state index in [2.05, 4.69) is 5.32 Å². The summed E-state index contributed by atoms with van der Waals surface area (Å²) in [5.74, 6) is -0.776. The van der Waals surface area contributed by atoms with Crippen molar-refractivity contribution in [1.82, 2.24) is 10.2 Å². The predicted molar refractivity (Wildman–Crippen MR) is 138 cm³/mol. The van der Waals surface area contributed by atoms with E-state index in [-0.39, 0.29) is 36.6 Å². The van der Waals surface area contributed by atoms with Gasteiger partial charge in [0.2, 0.25) is 11.8 Å². The summed E-state index contributed by atoms with van der Waals surface area (Å²) in [6, 6.07) is 23.4. The molecule has 0 saturated heterocycles. The van der Waals surface area contributed by atoms with Gasteiger partial charge in [-0.1, -0.05) is 85.3 Å². The SMILES string of the molecule is CCC(C)NC(=O)C(Cc1ccccc1)N(Cc1ccccc1F)C(=O)CCc1ccc(C)cc1. The summed E-state index contributed by atoms with van der Waals surface area (Å²) in [5, 5.41) is 3.04. The highest BCUT2D eigenvalue weighted by atomic mass is 19.1. The Kier molecular flexibility index (Phi) is 9.59. The van der Waals surface area contributed by atoms with Crippen molar-refractivity contribution >= 4 is 11.8 Å². The predicted octanol–water partition coefficient (Wildman–Crippen LogP) is 5.62. The molecule has 0 spiro atoms. The Bertz CT molecular complexity index is 1100. The number of nitrogens with one attached hydrogen (secondary N) is 1. The Balaban J connectivity index is 1.91. The Labute approximate surface area is 208 Å². The van der Waals surface area contributed by atoms with Gasteiger partial charge in [-0.3, -0.25) is 9.59 Å². The number of hydrogen-bond donors (Lipinski definition) is 1. The van der Waals surface area contributed by atoms with E-state index in [0.29, 0.717) is 18.4 Å². The third-order valence-corrected chi connectivity index (χ3v) is 6.32. The third-order valence-electron chi connectivity index (χ3n) is 6.32. The molecule has 0 fully saturated rings. The zero-order valence-corrected chi connectivity index (χ0v) is 20.8. The first-order chi connectivity index (χ1) is 16.9. The molecule has 1 N–H and O–H groups in total. The maximum atomic E-state index is 14.6. The molecule has 35 heavy (non-hydrogen) atoms. The lowest BCUT2D eigenvalue weighted by Crippen LogP contribution is -2.52. The first kappa shape index (κ1) is 26.1. The fourth-order valence-electron chi connectivity index (χ4n) is 3.95. The van der Waals surface area contributed by atoms with Crippen LogP contribution in [0.5, 0.6) is 0 Å². The molecule has 0 radical (unpaired) electrons. The Morgan fingerprint density at radius 3 is 2.23 bits per heavy atom. The maximum absolute atomic E-state index is 14.6. The second-order valence-corrected chi connectivity index (χ2v) is 9.12. The fourth-order valence-corrected chi connectivity index (χ4v) is 3.95. The van der Waals surface area contributed by atoms with Crippen LogP contribution in [0, 0.1) is 12.7 Å². The van der Waals surface area contributed by atoms with Crippen LogP contribution in [0.3, 0.4) is 0 Å².